The number of hydrogen-bond donors (Lipinski definition) is 1. The minimum absolute atomic E-state index is 0.314. The Kier molecular flexibility index (Phi) is 8.24. The quantitative estimate of drug-likeness (QED) is 0.737. The van der Waals surface area contributed by atoms with Gasteiger partial charge in [0.1, 0.15) is 0 Å². The highest BCUT2D eigenvalue weighted by molar-refractivity contribution is 7.85. The molecule has 19 heavy (non-hydrogen) atoms. The Labute approximate surface area is 122 Å². The molecule has 1 rings (SSSR count). The molecule has 3 unspecified atom stereocenters. The predicted octanol–water partition coefficient (Wildman–Crippen LogP) is 3.73. The van der Waals surface area contributed by atoms with Crippen molar-refractivity contribution in [2.45, 2.75) is 77.5 Å². The summed E-state index contributed by atoms with van der Waals surface area (Å²) in [6.07, 6.45) is 7.93. The SMILES string of the molecule is CCCNC(CS(=O)C(C)C(C)C)C1CCCCC1. The Morgan fingerprint density at radius 3 is 2.32 bits per heavy atom. The van der Waals surface area contributed by atoms with Crippen molar-refractivity contribution in [2.75, 3.05) is 12.3 Å². The maximum atomic E-state index is 12.5. The molecule has 1 N–H and O–H groups in total. The first-order valence-electron chi connectivity index (χ1n) is 8.16. The molecule has 1 aliphatic rings. The molecule has 0 heterocycles. The summed E-state index contributed by atoms with van der Waals surface area (Å²) in [5, 5.41) is 3.99. The lowest BCUT2D eigenvalue weighted by molar-refractivity contribution is 0.284. The second kappa shape index (κ2) is 9.12. The van der Waals surface area contributed by atoms with E-state index < -0.39 is 10.8 Å². The third-order valence-corrected chi connectivity index (χ3v) is 6.63. The van der Waals surface area contributed by atoms with Crippen molar-refractivity contribution < 1.29 is 4.21 Å². The lowest BCUT2D eigenvalue weighted by Gasteiger charge is -2.32. The van der Waals surface area contributed by atoms with E-state index in [2.05, 4.69) is 33.0 Å². The number of hydrogen-bond acceptors (Lipinski definition) is 2. The topological polar surface area (TPSA) is 29.1 Å². The zero-order valence-electron chi connectivity index (χ0n) is 13.3. The van der Waals surface area contributed by atoms with Gasteiger partial charge in [-0.2, -0.15) is 0 Å². The van der Waals surface area contributed by atoms with Gasteiger partial charge in [-0.3, -0.25) is 4.21 Å². The van der Waals surface area contributed by atoms with Crippen LogP contribution in [0.4, 0.5) is 0 Å². The van der Waals surface area contributed by atoms with Gasteiger partial charge in [0.15, 0.2) is 0 Å². The van der Waals surface area contributed by atoms with Gasteiger partial charge in [0, 0.05) is 27.8 Å². The summed E-state index contributed by atoms with van der Waals surface area (Å²) in [5.74, 6) is 2.12. The fraction of sp³-hybridized carbons (Fsp3) is 1.00. The van der Waals surface area contributed by atoms with Crippen LogP contribution in [0.25, 0.3) is 0 Å². The summed E-state index contributed by atoms with van der Waals surface area (Å²) in [7, 11) is -0.693. The maximum absolute atomic E-state index is 12.5. The third-order valence-electron chi connectivity index (χ3n) is 4.57. The average molecular weight is 288 g/mol. The Morgan fingerprint density at radius 1 is 1.16 bits per heavy atom. The van der Waals surface area contributed by atoms with E-state index >= 15 is 0 Å². The normalized spacial score (nSPS) is 22.4. The van der Waals surface area contributed by atoms with Gasteiger partial charge in [0.25, 0.3) is 0 Å². The molecule has 0 radical (unpaired) electrons. The molecule has 1 fully saturated rings. The van der Waals surface area contributed by atoms with E-state index in [0.717, 1.165) is 24.6 Å². The standard InChI is InChI=1S/C16H33NOS/c1-5-11-17-16(15-9-7-6-8-10-15)12-19(18)14(4)13(2)3/h13-17H,5-12H2,1-4H3. The fourth-order valence-electron chi connectivity index (χ4n) is 2.86. The van der Waals surface area contributed by atoms with Gasteiger partial charge in [0.05, 0.1) is 0 Å². The zero-order valence-corrected chi connectivity index (χ0v) is 14.1. The van der Waals surface area contributed by atoms with Crippen molar-refractivity contribution in [1.82, 2.24) is 5.32 Å². The minimum atomic E-state index is -0.693. The lowest BCUT2D eigenvalue weighted by atomic mass is 9.84. The largest absolute Gasteiger partial charge is 0.313 e. The molecule has 0 aromatic heterocycles. The molecular weight excluding hydrogens is 254 g/mol. The summed E-state index contributed by atoms with van der Waals surface area (Å²) < 4.78 is 12.5. The lowest BCUT2D eigenvalue weighted by Crippen LogP contribution is -2.43. The third kappa shape index (κ3) is 5.95. The maximum Gasteiger partial charge on any atom is 0.0394 e. The van der Waals surface area contributed by atoms with Crippen LogP contribution >= 0.6 is 0 Å². The molecule has 0 bridgehead atoms. The van der Waals surface area contributed by atoms with Crippen LogP contribution in [0.1, 0.15) is 66.2 Å². The first-order chi connectivity index (χ1) is 9.06. The molecule has 114 valence electrons. The summed E-state index contributed by atoms with van der Waals surface area (Å²) in [6, 6.07) is 0.474. The van der Waals surface area contributed by atoms with Gasteiger partial charge in [-0.05, 0) is 37.6 Å². The summed E-state index contributed by atoms with van der Waals surface area (Å²) in [5.41, 5.74) is 0. The minimum Gasteiger partial charge on any atom is -0.313 e. The highest BCUT2D eigenvalue weighted by Crippen LogP contribution is 2.27. The van der Waals surface area contributed by atoms with E-state index in [0.29, 0.717) is 17.2 Å². The highest BCUT2D eigenvalue weighted by atomic mass is 32.2. The molecule has 2 nitrogen and oxygen atoms in total. The van der Waals surface area contributed by atoms with E-state index in [-0.39, 0.29) is 0 Å². The average Bonchev–Trinajstić information content (AvgIpc) is 2.43. The van der Waals surface area contributed by atoms with Crippen molar-refractivity contribution in [3.63, 3.8) is 0 Å². The molecule has 3 atom stereocenters. The van der Waals surface area contributed by atoms with Crippen LogP contribution in [0.2, 0.25) is 0 Å². The van der Waals surface area contributed by atoms with E-state index in [1.165, 1.54) is 32.1 Å². The first-order valence-corrected chi connectivity index (χ1v) is 9.55. The summed E-state index contributed by atoms with van der Waals surface area (Å²) in [4.78, 5) is 0. The molecular formula is C16H33NOS. The molecule has 1 saturated carbocycles. The van der Waals surface area contributed by atoms with Crippen molar-refractivity contribution in [3.05, 3.63) is 0 Å². The van der Waals surface area contributed by atoms with Gasteiger partial charge < -0.3 is 5.32 Å². The summed E-state index contributed by atoms with van der Waals surface area (Å²) >= 11 is 0. The van der Waals surface area contributed by atoms with Crippen LogP contribution in [0.3, 0.4) is 0 Å². The molecule has 0 amide bonds. The van der Waals surface area contributed by atoms with Crippen LogP contribution in [-0.2, 0) is 10.8 Å². The van der Waals surface area contributed by atoms with Crippen LogP contribution in [0.15, 0.2) is 0 Å². The molecule has 0 saturated heterocycles. The van der Waals surface area contributed by atoms with Crippen LogP contribution < -0.4 is 5.32 Å². The van der Waals surface area contributed by atoms with Gasteiger partial charge >= 0.3 is 0 Å². The molecule has 0 spiro atoms. The molecule has 0 aromatic rings. The molecule has 1 aliphatic carbocycles. The van der Waals surface area contributed by atoms with Crippen LogP contribution in [0, 0.1) is 11.8 Å². The first kappa shape index (κ1) is 17.2. The van der Waals surface area contributed by atoms with Gasteiger partial charge in [0.2, 0.25) is 0 Å². The second-order valence-corrected chi connectivity index (χ2v) is 8.29. The second-order valence-electron chi connectivity index (χ2n) is 6.46. The molecule has 0 aromatic carbocycles. The highest BCUT2D eigenvalue weighted by Gasteiger charge is 2.27. The van der Waals surface area contributed by atoms with Crippen molar-refractivity contribution in [3.8, 4) is 0 Å². The van der Waals surface area contributed by atoms with E-state index in [1.54, 1.807) is 0 Å². The van der Waals surface area contributed by atoms with Gasteiger partial charge in [-0.15, -0.1) is 0 Å². The Morgan fingerprint density at radius 2 is 1.79 bits per heavy atom. The van der Waals surface area contributed by atoms with Crippen molar-refractivity contribution in [2.24, 2.45) is 11.8 Å². The fourth-order valence-corrected chi connectivity index (χ4v) is 4.51. The smallest absolute Gasteiger partial charge is 0.0394 e. The van der Waals surface area contributed by atoms with Crippen molar-refractivity contribution >= 4 is 10.8 Å². The predicted molar refractivity (Wildman–Crippen MR) is 86.0 cm³/mol. The van der Waals surface area contributed by atoms with Crippen molar-refractivity contribution in [1.29, 1.82) is 0 Å². The molecule has 3 heteroatoms. The van der Waals surface area contributed by atoms with Crippen LogP contribution in [0.5, 0.6) is 0 Å². The number of rotatable bonds is 8. The Hall–Kier alpha value is 0.110. The zero-order chi connectivity index (χ0) is 14.3. The van der Waals surface area contributed by atoms with Gasteiger partial charge in [-0.25, -0.2) is 0 Å². The number of nitrogens with one attached hydrogen (secondary N) is 1. The van der Waals surface area contributed by atoms with Gasteiger partial charge in [-0.1, -0.05) is 47.0 Å². The van der Waals surface area contributed by atoms with E-state index in [4.69, 9.17) is 0 Å². The molecule has 0 aliphatic heterocycles. The summed E-state index contributed by atoms with van der Waals surface area (Å²) in [6.45, 7) is 9.76. The Bertz CT molecular complexity index is 261. The van der Waals surface area contributed by atoms with Crippen LogP contribution in [-0.4, -0.2) is 27.8 Å². The monoisotopic (exact) mass is 287 g/mol. The van der Waals surface area contributed by atoms with E-state index in [9.17, 15) is 4.21 Å². The van der Waals surface area contributed by atoms with E-state index in [1.807, 2.05) is 0 Å². The Balaban J connectivity index is 2.55.